The van der Waals surface area contributed by atoms with Gasteiger partial charge in [0.1, 0.15) is 5.60 Å². The van der Waals surface area contributed by atoms with E-state index in [1.807, 2.05) is 0 Å². The molecular weight excluding hydrogens is 360 g/mol. The van der Waals surface area contributed by atoms with Gasteiger partial charge in [-0.3, -0.25) is 9.79 Å². The van der Waals surface area contributed by atoms with E-state index in [4.69, 9.17) is 4.74 Å². The fourth-order valence-corrected chi connectivity index (χ4v) is 2.89. The van der Waals surface area contributed by atoms with Crippen molar-refractivity contribution in [1.29, 1.82) is 0 Å². The number of hydrogen-bond donors (Lipinski definition) is 2. The van der Waals surface area contributed by atoms with Crippen molar-refractivity contribution in [3.8, 4) is 0 Å². The molecule has 2 N–H and O–H groups in total. The van der Waals surface area contributed by atoms with Gasteiger partial charge in [-0.15, -0.1) is 0 Å². The van der Waals surface area contributed by atoms with Crippen molar-refractivity contribution < 1.29 is 24.2 Å². The first-order valence-corrected chi connectivity index (χ1v) is 9.09. The predicted octanol–water partition coefficient (Wildman–Crippen LogP) is 2.68. The lowest BCUT2D eigenvalue weighted by Crippen LogP contribution is -2.44. The second-order valence-corrected chi connectivity index (χ2v) is 7.86. The van der Waals surface area contributed by atoms with Gasteiger partial charge in [0.25, 0.3) is 0 Å². The number of amides is 1. The van der Waals surface area contributed by atoms with Gasteiger partial charge in [0.2, 0.25) is 5.91 Å². The minimum Gasteiger partial charge on any atom is -0.479 e. The Morgan fingerprint density at radius 1 is 1.21 bits per heavy atom. The average molecular weight is 386 g/mol. The summed E-state index contributed by atoms with van der Waals surface area (Å²) in [5.74, 6) is -2.84. The summed E-state index contributed by atoms with van der Waals surface area (Å²) in [6.07, 6.45) is 4.82. The van der Waals surface area contributed by atoms with Crippen LogP contribution >= 0.6 is 0 Å². The highest BCUT2D eigenvalue weighted by molar-refractivity contribution is 5.92. The summed E-state index contributed by atoms with van der Waals surface area (Å²) in [5, 5.41) is 12.0. The molecule has 1 amide bonds. The van der Waals surface area contributed by atoms with Gasteiger partial charge in [-0.25, -0.2) is 9.59 Å². The molecule has 2 rings (SSSR count). The third-order valence-electron chi connectivity index (χ3n) is 4.25. The largest absolute Gasteiger partial charge is 0.479 e. The number of aliphatic imine (C=N–C) groups is 1. The molecular formula is C21H26N2O5. The first kappa shape index (κ1) is 21.3. The Labute approximate surface area is 164 Å². The number of esters is 1. The van der Waals surface area contributed by atoms with E-state index in [1.54, 1.807) is 70.2 Å². The van der Waals surface area contributed by atoms with E-state index in [2.05, 4.69) is 10.3 Å². The van der Waals surface area contributed by atoms with Gasteiger partial charge >= 0.3 is 11.9 Å². The van der Waals surface area contributed by atoms with Crippen LogP contribution in [0.3, 0.4) is 0 Å². The monoisotopic (exact) mass is 386 g/mol. The number of ether oxygens (including phenoxy) is 1. The zero-order valence-electron chi connectivity index (χ0n) is 16.5. The topological polar surface area (TPSA) is 105 Å². The highest BCUT2D eigenvalue weighted by atomic mass is 16.6. The van der Waals surface area contributed by atoms with Crippen molar-refractivity contribution in [1.82, 2.24) is 5.32 Å². The van der Waals surface area contributed by atoms with Crippen LogP contribution in [0.25, 0.3) is 0 Å². The van der Waals surface area contributed by atoms with Gasteiger partial charge < -0.3 is 15.2 Å². The van der Waals surface area contributed by atoms with E-state index in [9.17, 15) is 19.5 Å². The van der Waals surface area contributed by atoms with Crippen LogP contribution in [-0.2, 0) is 19.1 Å². The summed E-state index contributed by atoms with van der Waals surface area (Å²) < 4.78 is 5.46. The van der Waals surface area contributed by atoms with Crippen molar-refractivity contribution in [3.05, 3.63) is 48.0 Å². The number of carboxylic acids is 1. The quantitative estimate of drug-likeness (QED) is 0.701. The molecule has 0 aromatic heterocycles. The first-order chi connectivity index (χ1) is 13.0. The minimum atomic E-state index is -1.28. The summed E-state index contributed by atoms with van der Waals surface area (Å²) in [5.41, 5.74) is -1.50. The Balaban J connectivity index is 2.13. The molecule has 0 saturated carbocycles. The molecule has 28 heavy (non-hydrogen) atoms. The molecule has 0 radical (unpaired) electrons. The van der Waals surface area contributed by atoms with E-state index >= 15 is 0 Å². The number of nitrogens with zero attached hydrogens (tertiary/aromatic N) is 1. The third-order valence-corrected chi connectivity index (χ3v) is 4.25. The number of carbonyl (C=O) groups excluding carboxylic acids is 2. The second kappa shape index (κ2) is 8.37. The molecule has 3 unspecified atom stereocenters. The molecule has 0 fully saturated rings. The highest BCUT2D eigenvalue weighted by Gasteiger charge is 2.43. The molecule has 1 aromatic carbocycles. The maximum absolute atomic E-state index is 12.7. The number of aliphatic carboxylic acids is 1. The number of benzene rings is 1. The Hall–Kier alpha value is -2.96. The molecule has 1 heterocycles. The van der Waals surface area contributed by atoms with E-state index in [1.165, 1.54) is 6.21 Å². The van der Waals surface area contributed by atoms with Crippen LogP contribution in [-0.4, -0.2) is 40.3 Å². The fourth-order valence-electron chi connectivity index (χ4n) is 2.89. The Kier molecular flexibility index (Phi) is 6.38. The van der Waals surface area contributed by atoms with Crippen molar-refractivity contribution in [2.75, 3.05) is 0 Å². The summed E-state index contributed by atoms with van der Waals surface area (Å²) >= 11 is 0. The SMILES string of the molecule is CC(CC1(C(=O)OC(C)(C)C)C=CC=N1)C(=O)NC(C(=O)O)c1ccccc1. The highest BCUT2D eigenvalue weighted by Crippen LogP contribution is 2.30. The number of allylic oxidation sites excluding steroid dienone is 1. The summed E-state index contributed by atoms with van der Waals surface area (Å²) in [7, 11) is 0. The molecule has 0 aliphatic carbocycles. The third kappa shape index (κ3) is 5.28. The maximum Gasteiger partial charge on any atom is 0.338 e. The molecule has 0 bridgehead atoms. The van der Waals surface area contributed by atoms with E-state index in [-0.39, 0.29) is 6.42 Å². The van der Waals surface area contributed by atoms with Crippen molar-refractivity contribution in [3.63, 3.8) is 0 Å². The number of hydrogen-bond acceptors (Lipinski definition) is 5. The number of carboxylic acid groups (broad SMARTS) is 1. The minimum absolute atomic E-state index is 0.0713. The van der Waals surface area contributed by atoms with Crippen molar-refractivity contribution in [2.24, 2.45) is 10.9 Å². The fraction of sp³-hybridized carbons (Fsp3) is 0.429. The molecule has 1 aliphatic heterocycles. The summed E-state index contributed by atoms with van der Waals surface area (Å²) in [6, 6.07) is 7.27. The zero-order valence-corrected chi connectivity index (χ0v) is 16.5. The van der Waals surface area contributed by atoms with Gasteiger partial charge in [-0.05, 0) is 44.9 Å². The Bertz CT molecular complexity index is 781. The maximum atomic E-state index is 12.7. The smallest absolute Gasteiger partial charge is 0.338 e. The molecule has 3 atom stereocenters. The lowest BCUT2D eigenvalue weighted by Gasteiger charge is -2.30. The molecule has 1 aliphatic rings. The van der Waals surface area contributed by atoms with Gasteiger partial charge in [0.05, 0.1) is 0 Å². The predicted molar refractivity (Wildman–Crippen MR) is 105 cm³/mol. The van der Waals surface area contributed by atoms with Crippen LogP contribution in [0.4, 0.5) is 0 Å². The van der Waals surface area contributed by atoms with Crippen LogP contribution in [0.1, 0.15) is 45.7 Å². The van der Waals surface area contributed by atoms with Crippen LogP contribution in [0.5, 0.6) is 0 Å². The van der Waals surface area contributed by atoms with Crippen LogP contribution in [0, 0.1) is 5.92 Å². The molecule has 7 heteroatoms. The van der Waals surface area contributed by atoms with Crippen molar-refractivity contribution >= 4 is 24.1 Å². The second-order valence-electron chi connectivity index (χ2n) is 7.86. The van der Waals surface area contributed by atoms with Crippen LogP contribution in [0.15, 0.2) is 47.5 Å². The van der Waals surface area contributed by atoms with Gasteiger partial charge in [-0.1, -0.05) is 37.3 Å². The lowest BCUT2D eigenvalue weighted by atomic mass is 9.88. The summed E-state index contributed by atoms with van der Waals surface area (Å²) in [4.78, 5) is 41.2. The Morgan fingerprint density at radius 3 is 2.36 bits per heavy atom. The normalized spacial score (nSPS) is 20.4. The lowest BCUT2D eigenvalue weighted by molar-refractivity contribution is -0.160. The first-order valence-electron chi connectivity index (χ1n) is 9.09. The number of carbonyl (C=O) groups is 3. The van der Waals surface area contributed by atoms with Gasteiger partial charge in [0, 0.05) is 12.1 Å². The zero-order chi connectivity index (χ0) is 20.9. The van der Waals surface area contributed by atoms with Crippen molar-refractivity contribution in [2.45, 2.75) is 51.3 Å². The van der Waals surface area contributed by atoms with Crippen LogP contribution < -0.4 is 5.32 Å². The van der Waals surface area contributed by atoms with E-state index in [0.29, 0.717) is 5.56 Å². The van der Waals surface area contributed by atoms with Crippen LogP contribution in [0.2, 0.25) is 0 Å². The number of nitrogens with one attached hydrogen (secondary N) is 1. The Morgan fingerprint density at radius 2 is 1.86 bits per heavy atom. The number of rotatable bonds is 7. The molecule has 150 valence electrons. The molecule has 0 spiro atoms. The van der Waals surface area contributed by atoms with E-state index < -0.39 is 40.9 Å². The molecule has 0 saturated heterocycles. The van der Waals surface area contributed by atoms with Gasteiger partial charge in [-0.2, -0.15) is 0 Å². The molecule has 1 aromatic rings. The van der Waals surface area contributed by atoms with Gasteiger partial charge in [0.15, 0.2) is 11.6 Å². The van der Waals surface area contributed by atoms with E-state index in [0.717, 1.165) is 0 Å². The molecule has 7 nitrogen and oxygen atoms in total. The summed E-state index contributed by atoms with van der Waals surface area (Å²) in [6.45, 7) is 6.91. The average Bonchev–Trinajstić information content (AvgIpc) is 3.08. The standard InChI is InChI=1S/C21H26N2O5/c1-14(13-21(11-8-12-22-21)19(27)28-20(2,3)4)17(24)23-16(18(25)26)15-9-6-5-7-10-15/h5-12,14,16H,13H2,1-4H3,(H,23,24)(H,25,26).